The van der Waals surface area contributed by atoms with Crippen molar-refractivity contribution in [3.05, 3.63) is 46.7 Å². The Bertz CT molecular complexity index is 977. The Morgan fingerprint density at radius 3 is 2.68 bits per heavy atom. The molecule has 2 heterocycles. The van der Waals surface area contributed by atoms with E-state index in [9.17, 15) is 18.4 Å². The van der Waals surface area contributed by atoms with E-state index in [1.165, 1.54) is 0 Å². The van der Waals surface area contributed by atoms with Crippen LogP contribution >= 0.6 is 0 Å². The molecule has 2 unspecified atom stereocenters. The maximum absolute atomic E-state index is 13.9. The van der Waals surface area contributed by atoms with Gasteiger partial charge in [-0.15, -0.1) is 0 Å². The molecule has 0 radical (unpaired) electrons. The molecule has 2 N–H and O–H groups in total. The third kappa shape index (κ3) is 4.53. The maximum Gasteiger partial charge on any atom is 0.321 e. The van der Waals surface area contributed by atoms with Crippen molar-refractivity contribution < 1.29 is 18.4 Å². The third-order valence-electron chi connectivity index (χ3n) is 5.51. The lowest BCUT2D eigenvalue weighted by Crippen LogP contribution is -2.49. The van der Waals surface area contributed by atoms with Crippen LogP contribution in [0.25, 0.3) is 0 Å². The summed E-state index contributed by atoms with van der Waals surface area (Å²) >= 11 is 0. The summed E-state index contributed by atoms with van der Waals surface area (Å²) in [5, 5.41) is 9.57. The molecule has 0 saturated heterocycles. The number of carbonyl (C=O) groups is 2. The zero-order chi connectivity index (χ0) is 22.9. The lowest BCUT2D eigenvalue weighted by atomic mass is 10.2. The monoisotopic (exact) mass is 434 g/mol. The van der Waals surface area contributed by atoms with Crippen LogP contribution in [0.5, 0.6) is 0 Å². The molecule has 0 aliphatic carbocycles. The number of nitrogens with one attached hydrogen (secondary N) is 2. The third-order valence-corrected chi connectivity index (χ3v) is 5.51. The van der Waals surface area contributed by atoms with Crippen LogP contribution in [0.4, 0.5) is 19.4 Å². The first-order valence-electron chi connectivity index (χ1n) is 10.2. The lowest BCUT2D eigenvalue weighted by molar-refractivity contribution is 0.102. The molecule has 1 aliphatic heterocycles. The van der Waals surface area contributed by atoms with Gasteiger partial charge in [-0.1, -0.05) is 0 Å². The fourth-order valence-corrected chi connectivity index (χ4v) is 3.96. The molecular formula is C21H28F2N6O2. The van der Waals surface area contributed by atoms with Gasteiger partial charge in [-0.2, -0.15) is 5.10 Å². The Morgan fingerprint density at radius 2 is 2.06 bits per heavy atom. The molecule has 0 bridgehead atoms. The minimum atomic E-state index is -0.955. The Labute approximate surface area is 180 Å². The number of aromatic nitrogens is 2. The molecule has 10 heteroatoms. The van der Waals surface area contributed by atoms with Crippen molar-refractivity contribution in [3.63, 3.8) is 0 Å². The number of halogens is 2. The molecule has 2 aromatic rings. The van der Waals surface area contributed by atoms with Crippen LogP contribution in [0.15, 0.2) is 18.2 Å². The summed E-state index contributed by atoms with van der Waals surface area (Å²) in [5.74, 6) is -2.22. The Morgan fingerprint density at radius 1 is 1.35 bits per heavy atom. The highest BCUT2D eigenvalue weighted by Gasteiger charge is 2.37. The molecule has 3 amide bonds. The van der Waals surface area contributed by atoms with Gasteiger partial charge in [0.25, 0.3) is 5.91 Å². The topological polar surface area (TPSA) is 84.6 Å². The number of hydrogen-bond donors (Lipinski definition) is 2. The van der Waals surface area contributed by atoms with Gasteiger partial charge >= 0.3 is 6.03 Å². The first kappa shape index (κ1) is 22.7. The van der Waals surface area contributed by atoms with E-state index in [-0.39, 0.29) is 36.0 Å². The van der Waals surface area contributed by atoms with Crippen LogP contribution in [-0.4, -0.2) is 70.1 Å². The van der Waals surface area contributed by atoms with Gasteiger partial charge in [0.2, 0.25) is 0 Å². The number of anilines is 1. The molecule has 0 saturated carbocycles. The number of fused-ring (bicyclic) bond motifs is 1. The minimum Gasteiger partial charge on any atom is -0.321 e. The molecule has 0 spiro atoms. The van der Waals surface area contributed by atoms with E-state index in [1.807, 2.05) is 44.7 Å². The fraction of sp³-hybridized carbons (Fsp3) is 0.476. The number of aromatic amines is 1. The maximum atomic E-state index is 13.9. The Hall–Kier alpha value is -3.01. The van der Waals surface area contributed by atoms with Crippen LogP contribution < -0.4 is 5.32 Å². The zero-order valence-electron chi connectivity index (χ0n) is 18.4. The summed E-state index contributed by atoms with van der Waals surface area (Å²) in [6, 6.07) is 2.41. The Kier molecular flexibility index (Phi) is 6.59. The number of H-pyrrole nitrogens is 1. The molecule has 1 aromatic heterocycles. The summed E-state index contributed by atoms with van der Waals surface area (Å²) < 4.78 is 27.1. The van der Waals surface area contributed by atoms with Crippen LogP contribution in [0.3, 0.4) is 0 Å². The van der Waals surface area contributed by atoms with Crippen molar-refractivity contribution >= 4 is 17.8 Å². The van der Waals surface area contributed by atoms with Crippen LogP contribution in [0.1, 0.15) is 48.4 Å². The number of rotatable bonds is 6. The largest absolute Gasteiger partial charge is 0.321 e. The first-order chi connectivity index (χ1) is 14.6. The fourth-order valence-electron chi connectivity index (χ4n) is 3.96. The van der Waals surface area contributed by atoms with Crippen molar-refractivity contribution in [1.29, 1.82) is 0 Å². The predicted molar refractivity (Wildman–Crippen MR) is 113 cm³/mol. The van der Waals surface area contributed by atoms with E-state index < -0.39 is 17.5 Å². The molecule has 3 rings (SSSR count). The van der Waals surface area contributed by atoms with Crippen molar-refractivity contribution in [2.24, 2.45) is 0 Å². The number of benzene rings is 1. The van der Waals surface area contributed by atoms with Gasteiger partial charge in [0.05, 0.1) is 23.8 Å². The van der Waals surface area contributed by atoms with E-state index >= 15 is 0 Å². The second-order valence-corrected chi connectivity index (χ2v) is 8.03. The quantitative estimate of drug-likeness (QED) is 0.731. The molecule has 0 fully saturated rings. The number of urea groups is 1. The highest BCUT2D eigenvalue weighted by molar-refractivity contribution is 6.04. The SMILES string of the molecule is CCN(C(=O)N1Cc2c(NC(=O)c3ccc(F)cc3F)n[nH]c2C1C)C(C)CN(C)C. The highest BCUT2D eigenvalue weighted by atomic mass is 19.1. The van der Waals surface area contributed by atoms with E-state index in [4.69, 9.17) is 0 Å². The average Bonchev–Trinajstić information content (AvgIpc) is 3.22. The van der Waals surface area contributed by atoms with Gasteiger partial charge in [0, 0.05) is 30.8 Å². The molecule has 168 valence electrons. The van der Waals surface area contributed by atoms with Crippen LogP contribution in [-0.2, 0) is 6.54 Å². The summed E-state index contributed by atoms with van der Waals surface area (Å²) in [5.41, 5.74) is 1.11. The van der Waals surface area contributed by atoms with Gasteiger partial charge < -0.3 is 20.0 Å². The standard InChI is InChI=1S/C21H28F2N6O2/c1-6-28(12(2)10-27(4)5)21(31)29-11-16-18(13(29)3)25-26-19(16)24-20(30)15-8-7-14(22)9-17(15)23/h7-9,12-13H,6,10-11H2,1-5H3,(H2,24,25,26,30). The van der Waals surface area contributed by atoms with Gasteiger partial charge in [-0.05, 0) is 47.0 Å². The van der Waals surface area contributed by atoms with Crippen LogP contribution in [0.2, 0.25) is 0 Å². The second-order valence-electron chi connectivity index (χ2n) is 8.03. The first-order valence-corrected chi connectivity index (χ1v) is 10.2. The molecule has 1 aromatic carbocycles. The van der Waals surface area contributed by atoms with Crippen LogP contribution in [0, 0.1) is 11.6 Å². The van der Waals surface area contributed by atoms with Crippen molar-refractivity contribution in [2.45, 2.75) is 39.4 Å². The number of likely N-dealkylation sites (N-methyl/N-ethyl adjacent to an activating group) is 2. The number of amides is 3. The molecule has 2 atom stereocenters. The molecule has 8 nitrogen and oxygen atoms in total. The van der Waals surface area contributed by atoms with Crippen molar-refractivity contribution in [1.82, 2.24) is 24.9 Å². The van der Waals surface area contributed by atoms with Crippen molar-refractivity contribution in [3.8, 4) is 0 Å². The normalized spacial score (nSPS) is 16.4. The summed E-state index contributed by atoms with van der Waals surface area (Å²) in [6.07, 6.45) is 0. The van der Waals surface area contributed by atoms with Gasteiger partial charge in [0.15, 0.2) is 5.82 Å². The zero-order valence-corrected chi connectivity index (χ0v) is 18.4. The smallest absolute Gasteiger partial charge is 0.321 e. The average molecular weight is 434 g/mol. The summed E-state index contributed by atoms with van der Waals surface area (Å²) in [7, 11) is 3.92. The molecular weight excluding hydrogens is 406 g/mol. The molecule has 31 heavy (non-hydrogen) atoms. The van der Waals surface area contributed by atoms with E-state index in [0.717, 1.165) is 24.4 Å². The van der Waals surface area contributed by atoms with Gasteiger partial charge in [0.1, 0.15) is 11.6 Å². The Balaban J connectivity index is 1.77. The highest BCUT2D eigenvalue weighted by Crippen LogP contribution is 2.36. The number of carbonyl (C=O) groups excluding carboxylic acids is 2. The van der Waals surface area contributed by atoms with E-state index in [2.05, 4.69) is 15.5 Å². The van der Waals surface area contributed by atoms with Crippen molar-refractivity contribution in [2.75, 3.05) is 32.5 Å². The second kappa shape index (κ2) is 9.01. The molecule has 1 aliphatic rings. The summed E-state index contributed by atoms with van der Waals surface area (Å²) in [4.78, 5) is 31.3. The predicted octanol–water partition coefficient (Wildman–Crippen LogP) is 3.21. The van der Waals surface area contributed by atoms with E-state index in [0.29, 0.717) is 18.2 Å². The van der Waals surface area contributed by atoms with Gasteiger partial charge in [-0.25, -0.2) is 13.6 Å². The number of nitrogens with zero attached hydrogens (tertiary/aromatic N) is 4. The minimum absolute atomic E-state index is 0.0254. The lowest BCUT2D eigenvalue weighted by Gasteiger charge is -2.35. The number of hydrogen-bond acceptors (Lipinski definition) is 4. The summed E-state index contributed by atoms with van der Waals surface area (Å²) in [6.45, 7) is 7.40. The van der Waals surface area contributed by atoms with Gasteiger partial charge in [-0.3, -0.25) is 9.89 Å². The van der Waals surface area contributed by atoms with E-state index in [1.54, 1.807) is 4.90 Å².